The second kappa shape index (κ2) is 8.68. The highest BCUT2D eigenvalue weighted by Gasteiger charge is 2.20. The summed E-state index contributed by atoms with van der Waals surface area (Å²) < 4.78 is 2.03. The fourth-order valence-electron chi connectivity index (χ4n) is 3.41. The number of rotatable bonds is 5. The lowest BCUT2D eigenvalue weighted by Gasteiger charge is -2.17. The van der Waals surface area contributed by atoms with E-state index in [0.717, 1.165) is 16.6 Å². The molecule has 1 heterocycles. The number of nitrogens with one attached hydrogen (secondary N) is 1. The topological polar surface area (TPSA) is 46.9 Å². The summed E-state index contributed by atoms with van der Waals surface area (Å²) in [6.07, 6.45) is 0. The van der Waals surface area contributed by atoms with Gasteiger partial charge in [0, 0.05) is 26.2 Å². The fraction of sp³-hybridized carbons (Fsp3) is 0.130. The molecular weight excluding hydrogens is 441 g/mol. The van der Waals surface area contributed by atoms with Crippen LogP contribution in [0.15, 0.2) is 66.7 Å². The van der Waals surface area contributed by atoms with Gasteiger partial charge in [-0.2, -0.15) is 0 Å². The molecule has 1 unspecified atom stereocenters. The van der Waals surface area contributed by atoms with Crippen LogP contribution in [0.2, 0.25) is 15.1 Å². The summed E-state index contributed by atoms with van der Waals surface area (Å²) in [6.45, 7) is 2.33. The number of carbonyl (C=O) groups excluding carboxylic acids is 1. The highest BCUT2D eigenvalue weighted by Crippen LogP contribution is 2.29. The smallest absolute Gasteiger partial charge is 0.251 e. The maximum atomic E-state index is 12.7. The van der Waals surface area contributed by atoms with Gasteiger partial charge in [-0.05, 0) is 49.4 Å². The Labute approximate surface area is 189 Å². The van der Waals surface area contributed by atoms with Gasteiger partial charge in [-0.25, -0.2) is 4.98 Å². The molecule has 0 bridgehead atoms. The Morgan fingerprint density at radius 3 is 2.43 bits per heavy atom. The number of para-hydroxylation sites is 2. The number of carbonyl (C=O) groups is 1. The van der Waals surface area contributed by atoms with Crippen LogP contribution in [0.5, 0.6) is 0 Å². The lowest BCUT2D eigenvalue weighted by molar-refractivity contribution is 0.0937. The molecule has 1 aromatic heterocycles. The monoisotopic (exact) mass is 457 g/mol. The average Bonchev–Trinajstić information content (AvgIpc) is 3.09. The Morgan fingerprint density at radius 1 is 1.00 bits per heavy atom. The van der Waals surface area contributed by atoms with E-state index in [1.54, 1.807) is 24.3 Å². The molecule has 0 aliphatic carbocycles. The van der Waals surface area contributed by atoms with E-state index in [0.29, 0.717) is 33.0 Å². The zero-order valence-electron chi connectivity index (χ0n) is 16.1. The number of fused-ring (bicyclic) bond motifs is 1. The molecule has 4 rings (SSSR count). The fourth-order valence-corrected chi connectivity index (χ4v) is 4.11. The molecule has 0 fully saturated rings. The molecule has 1 amide bonds. The van der Waals surface area contributed by atoms with Gasteiger partial charge in [0.25, 0.3) is 5.91 Å². The number of hydrogen-bond acceptors (Lipinski definition) is 2. The van der Waals surface area contributed by atoms with Crippen LogP contribution in [0.25, 0.3) is 11.0 Å². The van der Waals surface area contributed by atoms with E-state index in [-0.39, 0.29) is 11.9 Å². The Balaban J connectivity index is 1.71. The van der Waals surface area contributed by atoms with Crippen LogP contribution >= 0.6 is 34.8 Å². The molecule has 4 aromatic rings. The van der Waals surface area contributed by atoms with Crippen LogP contribution in [0.1, 0.15) is 34.7 Å². The van der Waals surface area contributed by atoms with Crippen LogP contribution in [-0.2, 0) is 6.54 Å². The first-order valence-corrected chi connectivity index (χ1v) is 10.5. The second-order valence-electron chi connectivity index (χ2n) is 6.95. The van der Waals surface area contributed by atoms with Gasteiger partial charge >= 0.3 is 0 Å². The van der Waals surface area contributed by atoms with E-state index in [1.165, 1.54) is 0 Å². The molecule has 1 atom stereocenters. The number of aromatic nitrogens is 2. The highest BCUT2D eigenvalue weighted by molar-refractivity contribution is 6.36. The van der Waals surface area contributed by atoms with Crippen molar-refractivity contribution in [2.75, 3.05) is 0 Å². The molecule has 0 saturated carbocycles. The first kappa shape index (κ1) is 20.7. The third-order valence-electron chi connectivity index (χ3n) is 4.88. The van der Waals surface area contributed by atoms with Crippen LogP contribution in [0.4, 0.5) is 0 Å². The minimum Gasteiger partial charge on any atom is -0.342 e. The van der Waals surface area contributed by atoms with E-state index in [1.807, 2.05) is 54.0 Å². The van der Waals surface area contributed by atoms with E-state index >= 15 is 0 Å². The number of hydrogen-bond donors (Lipinski definition) is 1. The zero-order chi connectivity index (χ0) is 21.3. The lowest BCUT2D eigenvalue weighted by atomic mass is 10.2. The molecule has 0 saturated heterocycles. The number of imidazole rings is 1. The van der Waals surface area contributed by atoms with Crippen molar-refractivity contribution in [3.8, 4) is 0 Å². The Kier molecular flexibility index (Phi) is 6.00. The van der Waals surface area contributed by atoms with Gasteiger partial charge in [-0.3, -0.25) is 4.79 Å². The molecule has 3 aromatic carbocycles. The molecule has 1 N–H and O–H groups in total. The quantitative estimate of drug-likeness (QED) is 0.369. The minimum absolute atomic E-state index is 0.223. The normalized spacial score (nSPS) is 12.1. The Bertz CT molecular complexity index is 1220. The first-order chi connectivity index (χ1) is 14.4. The maximum Gasteiger partial charge on any atom is 0.251 e. The predicted molar refractivity (Wildman–Crippen MR) is 123 cm³/mol. The molecule has 30 heavy (non-hydrogen) atoms. The van der Waals surface area contributed by atoms with Crippen molar-refractivity contribution < 1.29 is 4.79 Å². The third kappa shape index (κ3) is 4.17. The zero-order valence-corrected chi connectivity index (χ0v) is 18.3. The number of amides is 1. The molecule has 0 aliphatic heterocycles. The van der Waals surface area contributed by atoms with Crippen LogP contribution in [0, 0.1) is 0 Å². The van der Waals surface area contributed by atoms with Gasteiger partial charge in [-0.15, -0.1) is 0 Å². The van der Waals surface area contributed by atoms with Crippen LogP contribution in [-0.4, -0.2) is 15.5 Å². The first-order valence-electron chi connectivity index (χ1n) is 9.38. The molecule has 4 nitrogen and oxygen atoms in total. The van der Waals surface area contributed by atoms with Gasteiger partial charge in [-0.1, -0.05) is 59.1 Å². The largest absolute Gasteiger partial charge is 0.342 e. The van der Waals surface area contributed by atoms with Gasteiger partial charge in [0.15, 0.2) is 0 Å². The molecule has 0 spiro atoms. The van der Waals surface area contributed by atoms with Crippen molar-refractivity contribution in [3.05, 3.63) is 98.7 Å². The molecule has 0 aliphatic rings. The summed E-state index contributed by atoms with van der Waals surface area (Å²) in [5.41, 5.74) is 3.07. The maximum absolute atomic E-state index is 12.7. The summed E-state index contributed by atoms with van der Waals surface area (Å²) in [7, 11) is 0. The second-order valence-corrected chi connectivity index (χ2v) is 8.20. The van der Waals surface area contributed by atoms with Gasteiger partial charge in [0.05, 0.1) is 23.6 Å². The summed E-state index contributed by atoms with van der Waals surface area (Å²) in [6, 6.07) is 19.7. The van der Waals surface area contributed by atoms with Crippen molar-refractivity contribution in [2.45, 2.75) is 19.5 Å². The molecule has 7 heteroatoms. The summed E-state index contributed by atoms with van der Waals surface area (Å²) in [4.78, 5) is 17.5. The van der Waals surface area contributed by atoms with Crippen molar-refractivity contribution >= 4 is 51.7 Å². The summed E-state index contributed by atoms with van der Waals surface area (Å²) in [5, 5.41) is 4.69. The number of halogens is 3. The SMILES string of the molecule is CC(NC(=O)c1cccc(Cl)c1)c1nc2ccccc2n1Cc1c(Cl)cccc1Cl. The van der Waals surface area contributed by atoms with E-state index < -0.39 is 0 Å². The van der Waals surface area contributed by atoms with E-state index in [4.69, 9.17) is 39.8 Å². The molecular formula is C23H18Cl3N3O. The summed E-state index contributed by atoms with van der Waals surface area (Å²) in [5.74, 6) is 0.488. The number of benzene rings is 3. The highest BCUT2D eigenvalue weighted by atomic mass is 35.5. The predicted octanol–water partition coefficient (Wildman–Crippen LogP) is 6.54. The summed E-state index contributed by atoms with van der Waals surface area (Å²) >= 11 is 18.8. The number of nitrogens with zero attached hydrogens (tertiary/aromatic N) is 2. The third-order valence-corrected chi connectivity index (χ3v) is 5.83. The van der Waals surface area contributed by atoms with Crippen molar-refractivity contribution in [1.82, 2.24) is 14.9 Å². The average molecular weight is 459 g/mol. The van der Waals surface area contributed by atoms with Gasteiger partial charge in [0.2, 0.25) is 0 Å². The van der Waals surface area contributed by atoms with E-state index in [2.05, 4.69) is 5.32 Å². The van der Waals surface area contributed by atoms with E-state index in [9.17, 15) is 4.79 Å². The molecule has 0 radical (unpaired) electrons. The van der Waals surface area contributed by atoms with Crippen molar-refractivity contribution in [1.29, 1.82) is 0 Å². The van der Waals surface area contributed by atoms with Crippen molar-refractivity contribution in [3.63, 3.8) is 0 Å². The minimum atomic E-state index is -0.356. The van der Waals surface area contributed by atoms with Crippen LogP contribution < -0.4 is 5.32 Å². The Morgan fingerprint density at radius 2 is 1.70 bits per heavy atom. The lowest BCUT2D eigenvalue weighted by Crippen LogP contribution is -2.28. The van der Waals surface area contributed by atoms with Gasteiger partial charge in [0.1, 0.15) is 5.82 Å². The Hall–Kier alpha value is -2.53. The van der Waals surface area contributed by atoms with Crippen molar-refractivity contribution in [2.24, 2.45) is 0 Å². The van der Waals surface area contributed by atoms with Gasteiger partial charge < -0.3 is 9.88 Å². The molecule has 152 valence electrons. The van der Waals surface area contributed by atoms with Crippen LogP contribution in [0.3, 0.4) is 0 Å². The standard InChI is InChI=1S/C23H18Cl3N3O/c1-14(27-23(30)15-6-4-7-16(24)12-15)22-28-20-10-2-3-11-21(20)29(22)13-17-18(25)8-5-9-19(17)26/h2-12,14H,13H2,1H3,(H,27,30).